The van der Waals surface area contributed by atoms with Crippen LogP contribution in [0.2, 0.25) is 0 Å². The molecule has 1 heterocycles. The largest absolute Gasteiger partial charge is 0.444 e. The molecular formula is C17H27N3O2. The molecule has 1 aromatic heterocycles. The Morgan fingerprint density at radius 3 is 2.73 bits per heavy atom. The topological polar surface area (TPSA) is 54.5 Å². The number of ether oxygens (including phenoxy) is 1. The Kier molecular flexibility index (Phi) is 5.40. The van der Waals surface area contributed by atoms with Crippen LogP contribution in [0, 0.1) is 0 Å². The zero-order valence-electron chi connectivity index (χ0n) is 14.0. The van der Waals surface area contributed by atoms with Gasteiger partial charge >= 0.3 is 6.09 Å². The maximum atomic E-state index is 12.2. The summed E-state index contributed by atoms with van der Waals surface area (Å²) in [6, 6.07) is 6.41. The smallest absolute Gasteiger partial charge is 0.410 e. The molecule has 1 atom stereocenters. The fourth-order valence-electron chi connectivity index (χ4n) is 2.27. The molecule has 1 unspecified atom stereocenters. The van der Waals surface area contributed by atoms with Crippen molar-refractivity contribution in [1.29, 1.82) is 0 Å². The number of hydrogen-bond acceptors (Lipinski definition) is 4. The number of amides is 1. The van der Waals surface area contributed by atoms with Gasteiger partial charge in [-0.05, 0) is 52.7 Å². The van der Waals surface area contributed by atoms with Crippen molar-refractivity contribution in [2.45, 2.75) is 58.2 Å². The van der Waals surface area contributed by atoms with E-state index in [1.165, 1.54) is 0 Å². The van der Waals surface area contributed by atoms with Gasteiger partial charge in [-0.15, -0.1) is 0 Å². The van der Waals surface area contributed by atoms with Crippen LogP contribution < -0.4 is 5.32 Å². The highest BCUT2D eigenvalue weighted by Crippen LogP contribution is 2.28. The van der Waals surface area contributed by atoms with Crippen molar-refractivity contribution in [3.63, 3.8) is 0 Å². The lowest BCUT2D eigenvalue weighted by Crippen LogP contribution is -2.42. The van der Waals surface area contributed by atoms with E-state index in [-0.39, 0.29) is 12.1 Å². The van der Waals surface area contributed by atoms with Crippen molar-refractivity contribution in [3.8, 4) is 0 Å². The quantitative estimate of drug-likeness (QED) is 0.877. The zero-order valence-corrected chi connectivity index (χ0v) is 14.0. The molecule has 2 rings (SSSR count). The molecule has 0 radical (unpaired) electrons. The average Bonchev–Trinajstić information content (AvgIpc) is 3.26. The van der Waals surface area contributed by atoms with E-state index in [0.717, 1.165) is 25.1 Å². The summed E-state index contributed by atoms with van der Waals surface area (Å²) in [5.41, 5.74) is 0.566. The van der Waals surface area contributed by atoms with E-state index in [0.29, 0.717) is 12.6 Å². The maximum Gasteiger partial charge on any atom is 0.410 e. The van der Waals surface area contributed by atoms with Crippen LogP contribution in [-0.4, -0.2) is 40.7 Å². The maximum absolute atomic E-state index is 12.2. The number of pyridine rings is 1. The second-order valence-corrected chi connectivity index (χ2v) is 6.84. The summed E-state index contributed by atoms with van der Waals surface area (Å²) >= 11 is 0. The van der Waals surface area contributed by atoms with Gasteiger partial charge in [0, 0.05) is 31.4 Å². The van der Waals surface area contributed by atoms with Crippen LogP contribution in [0.3, 0.4) is 0 Å². The Bertz CT molecular complexity index is 480. The van der Waals surface area contributed by atoms with Gasteiger partial charge in [0.1, 0.15) is 5.60 Å². The summed E-state index contributed by atoms with van der Waals surface area (Å²) < 4.78 is 5.49. The van der Waals surface area contributed by atoms with Crippen LogP contribution in [0.4, 0.5) is 4.79 Å². The van der Waals surface area contributed by atoms with E-state index in [2.05, 4.69) is 17.2 Å². The van der Waals surface area contributed by atoms with Gasteiger partial charge in [0.25, 0.3) is 0 Å². The normalized spacial score (nSPS) is 16.2. The highest BCUT2D eigenvalue weighted by molar-refractivity contribution is 5.69. The lowest BCUT2D eigenvalue weighted by atomic mass is 10.2. The standard InChI is InChI=1S/C17H27N3O2/c1-13(15-7-5-6-10-19-15)18-11-12-20(14-8-9-14)16(21)22-17(2,3)4/h5-7,10,13-14,18H,8-9,11-12H2,1-4H3. The van der Waals surface area contributed by atoms with Gasteiger partial charge in [-0.2, -0.15) is 0 Å². The number of rotatable bonds is 6. The van der Waals surface area contributed by atoms with Crippen molar-refractivity contribution in [2.75, 3.05) is 13.1 Å². The van der Waals surface area contributed by atoms with E-state index < -0.39 is 5.60 Å². The van der Waals surface area contributed by atoms with Crippen LogP contribution in [0.25, 0.3) is 0 Å². The van der Waals surface area contributed by atoms with Gasteiger partial charge < -0.3 is 15.0 Å². The van der Waals surface area contributed by atoms with E-state index in [9.17, 15) is 4.79 Å². The molecule has 5 heteroatoms. The van der Waals surface area contributed by atoms with Gasteiger partial charge in [0.15, 0.2) is 0 Å². The van der Waals surface area contributed by atoms with Crippen LogP contribution in [-0.2, 0) is 4.74 Å². The van der Waals surface area contributed by atoms with Crippen molar-refractivity contribution < 1.29 is 9.53 Å². The highest BCUT2D eigenvalue weighted by Gasteiger charge is 2.34. The molecule has 1 aliphatic carbocycles. The third kappa shape index (κ3) is 5.30. The van der Waals surface area contributed by atoms with Gasteiger partial charge in [-0.25, -0.2) is 4.79 Å². The average molecular weight is 305 g/mol. The van der Waals surface area contributed by atoms with Gasteiger partial charge in [0.2, 0.25) is 0 Å². The third-order valence-electron chi connectivity index (χ3n) is 3.55. The Balaban J connectivity index is 1.81. The predicted molar refractivity (Wildman–Crippen MR) is 86.6 cm³/mol. The minimum Gasteiger partial charge on any atom is -0.444 e. The number of hydrogen-bond donors (Lipinski definition) is 1. The van der Waals surface area contributed by atoms with Crippen LogP contribution in [0.1, 0.15) is 52.3 Å². The number of nitrogens with one attached hydrogen (secondary N) is 1. The van der Waals surface area contributed by atoms with Crippen LogP contribution >= 0.6 is 0 Å². The van der Waals surface area contributed by atoms with Gasteiger partial charge in [-0.1, -0.05) is 6.07 Å². The van der Waals surface area contributed by atoms with Crippen molar-refractivity contribution >= 4 is 6.09 Å². The molecule has 22 heavy (non-hydrogen) atoms. The summed E-state index contributed by atoms with van der Waals surface area (Å²) in [6.45, 7) is 9.17. The summed E-state index contributed by atoms with van der Waals surface area (Å²) in [5, 5.41) is 3.42. The molecule has 1 aromatic rings. The Morgan fingerprint density at radius 1 is 1.45 bits per heavy atom. The first-order valence-electron chi connectivity index (χ1n) is 8.01. The molecule has 0 bridgehead atoms. The second kappa shape index (κ2) is 7.09. The van der Waals surface area contributed by atoms with E-state index in [1.54, 1.807) is 6.20 Å². The van der Waals surface area contributed by atoms with Gasteiger partial charge in [-0.3, -0.25) is 4.98 Å². The first-order chi connectivity index (χ1) is 10.4. The minimum absolute atomic E-state index is 0.167. The molecular weight excluding hydrogens is 278 g/mol. The van der Waals surface area contributed by atoms with E-state index in [1.807, 2.05) is 43.9 Å². The second-order valence-electron chi connectivity index (χ2n) is 6.84. The number of carbonyl (C=O) groups excluding carboxylic acids is 1. The van der Waals surface area contributed by atoms with Crippen LogP contribution in [0.5, 0.6) is 0 Å². The third-order valence-corrected chi connectivity index (χ3v) is 3.55. The Hall–Kier alpha value is -1.62. The van der Waals surface area contributed by atoms with Gasteiger partial charge in [0.05, 0.1) is 5.69 Å². The molecule has 1 aliphatic rings. The molecule has 0 spiro atoms. The Labute approximate surface area is 133 Å². The molecule has 0 aliphatic heterocycles. The predicted octanol–water partition coefficient (Wildman–Crippen LogP) is 3.13. The summed E-state index contributed by atoms with van der Waals surface area (Å²) in [7, 11) is 0. The first-order valence-corrected chi connectivity index (χ1v) is 8.01. The number of aromatic nitrogens is 1. The first kappa shape index (κ1) is 16.7. The molecule has 1 fully saturated rings. The van der Waals surface area contributed by atoms with Crippen molar-refractivity contribution in [2.24, 2.45) is 0 Å². The SMILES string of the molecule is CC(NCCN(C(=O)OC(C)(C)C)C1CC1)c1ccccn1. The Morgan fingerprint density at radius 2 is 2.18 bits per heavy atom. The molecule has 1 amide bonds. The highest BCUT2D eigenvalue weighted by atomic mass is 16.6. The van der Waals surface area contributed by atoms with Crippen molar-refractivity contribution in [3.05, 3.63) is 30.1 Å². The van der Waals surface area contributed by atoms with E-state index >= 15 is 0 Å². The molecule has 122 valence electrons. The lowest BCUT2D eigenvalue weighted by Gasteiger charge is -2.28. The number of carbonyl (C=O) groups is 1. The lowest BCUT2D eigenvalue weighted by molar-refractivity contribution is 0.0235. The molecule has 1 N–H and O–H groups in total. The molecule has 1 saturated carbocycles. The monoisotopic (exact) mass is 305 g/mol. The van der Waals surface area contributed by atoms with E-state index in [4.69, 9.17) is 4.74 Å². The zero-order chi connectivity index (χ0) is 16.2. The summed E-state index contributed by atoms with van der Waals surface area (Å²) in [5.74, 6) is 0. The molecule has 5 nitrogen and oxygen atoms in total. The summed E-state index contributed by atoms with van der Waals surface area (Å²) in [4.78, 5) is 18.4. The minimum atomic E-state index is -0.446. The molecule has 0 aromatic carbocycles. The molecule has 0 saturated heterocycles. The van der Waals surface area contributed by atoms with Crippen molar-refractivity contribution in [1.82, 2.24) is 15.2 Å². The summed E-state index contributed by atoms with van der Waals surface area (Å²) in [6.07, 6.45) is 3.75. The fourth-order valence-corrected chi connectivity index (χ4v) is 2.27. The van der Waals surface area contributed by atoms with Crippen LogP contribution in [0.15, 0.2) is 24.4 Å². The number of nitrogens with zero attached hydrogens (tertiary/aromatic N) is 2. The fraction of sp³-hybridized carbons (Fsp3) is 0.647.